The molecule has 0 aromatic heterocycles. The van der Waals surface area contributed by atoms with Crippen LogP contribution in [0.2, 0.25) is 0 Å². The molecule has 3 aliphatic carbocycles. The molecule has 8 rings (SSSR count). The monoisotopic (exact) mass is 509 g/mol. The Bertz CT molecular complexity index is 1180. The number of allylic oxidation sites excluding steroid dienone is 1. The Kier molecular flexibility index (Phi) is 4.20. The van der Waals surface area contributed by atoms with Gasteiger partial charge >= 0.3 is 5.97 Å². The first-order valence-electron chi connectivity index (χ1n) is 14.5. The lowest BCUT2D eigenvalue weighted by Gasteiger charge is -2.70. The summed E-state index contributed by atoms with van der Waals surface area (Å²) in [6.07, 6.45) is 7.88. The van der Waals surface area contributed by atoms with Crippen LogP contribution in [0.25, 0.3) is 0 Å². The molecule has 11 atom stereocenters. The van der Waals surface area contributed by atoms with Gasteiger partial charge in [0.1, 0.15) is 17.3 Å². The maximum Gasteiger partial charge on any atom is 0.306 e. The first-order valence-corrected chi connectivity index (χ1v) is 14.5. The molecular formula is C30H39NO6. The molecule has 37 heavy (non-hydrogen) atoms. The number of nitrogens with zero attached hydrogens (tertiary/aromatic N) is 1. The summed E-state index contributed by atoms with van der Waals surface area (Å²) in [4.78, 5) is 43.6. The molecule has 200 valence electrons. The molecule has 2 saturated carbocycles. The fourth-order valence-corrected chi connectivity index (χ4v) is 11.1. The SMILES string of the molecule is C[C@H]1C[C@@H]2CN3C4=C[C@@]56CO[C@]7(C)CC(=O)[C@@H]([C@H]5C7)[C@@H](C)C(=O)[C@H]6[C@@]5(COC(=O)C5)[C@]4(C)CC[C@@]3(C1)O2. The zero-order valence-corrected chi connectivity index (χ0v) is 22.5. The van der Waals surface area contributed by atoms with Crippen molar-refractivity contribution in [3.05, 3.63) is 11.8 Å². The highest BCUT2D eigenvalue weighted by atomic mass is 16.5. The van der Waals surface area contributed by atoms with Crippen molar-refractivity contribution in [1.82, 2.24) is 4.90 Å². The average molecular weight is 510 g/mol. The summed E-state index contributed by atoms with van der Waals surface area (Å²) in [5.41, 5.74) is -1.17. The van der Waals surface area contributed by atoms with Crippen LogP contribution >= 0.6 is 0 Å². The van der Waals surface area contributed by atoms with Crippen molar-refractivity contribution in [2.45, 2.75) is 90.1 Å². The number of esters is 1. The van der Waals surface area contributed by atoms with Crippen molar-refractivity contribution >= 4 is 17.5 Å². The largest absolute Gasteiger partial charge is 0.465 e. The lowest BCUT2D eigenvalue weighted by atomic mass is 9.36. The van der Waals surface area contributed by atoms with E-state index < -0.39 is 16.4 Å². The number of hydrogen-bond acceptors (Lipinski definition) is 7. The number of piperidine rings is 1. The third kappa shape index (κ3) is 2.51. The highest BCUT2D eigenvalue weighted by Gasteiger charge is 2.77. The molecule has 0 radical (unpaired) electrons. The topological polar surface area (TPSA) is 82.1 Å². The van der Waals surface area contributed by atoms with Crippen LogP contribution in [0.1, 0.15) is 72.6 Å². The highest BCUT2D eigenvalue weighted by Crippen LogP contribution is 2.74. The first-order chi connectivity index (χ1) is 17.5. The molecule has 8 aliphatic rings. The van der Waals surface area contributed by atoms with E-state index in [1.165, 1.54) is 5.70 Å². The number of Topliss-reactive ketones (excluding diaryl/α,β-unsaturated/α-hetero) is 2. The van der Waals surface area contributed by atoms with Crippen LogP contribution in [-0.2, 0) is 28.6 Å². The van der Waals surface area contributed by atoms with Crippen molar-refractivity contribution in [2.24, 2.45) is 45.8 Å². The molecule has 0 amide bonds. The van der Waals surface area contributed by atoms with Gasteiger partial charge in [0, 0.05) is 52.7 Å². The predicted octanol–water partition coefficient (Wildman–Crippen LogP) is 3.65. The van der Waals surface area contributed by atoms with Gasteiger partial charge in [-0.1, -0.05) is 26.8 Å². The summed E-state index contributed by atoms with van der Waals surface area (Å²) >= 11 is 0. The molecule has 3 spiro atoms. The average Bonchev–Trinajstić information content (AvgIpc) is 3.34. The zero-order valence-electron chi connectivity index (χ0n) is 22.5. The van der Waals surface area contributed by atoms with Gasteiger partial charge in [-0.05, 0) is 50.9 Å². The molecule has 0 N–H and O–H groups in total. The Labute approximate surface area is 218 Å². The Hall–Kier alpha value is -1.73. The van der Waals surface area contributed by atoms with E-state index in [1.807, 2.05) is 6.92 Å². The van der Waals surface area contributed by atoms with E-state index in [0.29, 0.717) is 18.9 Å². The smallest absolute Gasteiger partial charge is 0.306 e. The molecule has 7 fully saturated rings. The number of fused-ring (bicyclic) bond motifs is 6. The van der Waals surface area contributed by atoms with E-state index in [2.05, 4.69) is 31.7 Å². The number of rotatable bonds is 0. The van der Waals surface area contributed by atoms with E-state index in [9.17, 15) is 14.4 Å². The summed E-state index contributed by atoms with van der Waals surface area (Å²) in [6.45, 7) is 10.2. The summed E-state index contributed by atoms with van der Waals surface area (Å²) in [5.74, 6) is -0.248. The second kappa shape index (κ2) is 6.70. The standard InChI is InChI=1S/C30H39NO6/c1-16-7-18-13-31-21-11-28-14-36-26(3)9-19(28)23(20(32)10-26)17(2)24(34)25(28)29(12-22(33)35-15-29)27(21,4)5-6-30(31,8-16)37-18/h11,16-19,23,25H,5-10,12-15H2,1-4H3/t16-,17+,18+,19+,23+,25+,26-,27+,28+,29+,30-/m0/s1. The van der Waals surface area contributed by atoms with Crippen molar-refractivity contribution in [2.75, 3.05) is 19.8 Å². The number of carbonyl (C=O) groups excluding carboxylic acids is 3. The van der Waals surface area contributed by atoms with Gasteiger partial charge in [-0.15, -0.1) is 0 Å². The second-order valence-electron chi connectivity index (χ2n) is 14.7. The number of hydrogen-bond donors (Lipinski definition) is 0. The number of carbonyl (C=O) groups is 3. The second-order valence-corrected chi connectivity index (χ2v) is 14.7. The Balaban J connectivity index is 1.38. The minimum Gasteiger partial charge on any atom is -0.465 e. The number of ether oxygens (including phenoxy) is 3. The van der Waals surface area contributed by atoms with Gasteiger partial charge in [-0.3, -0.25) is 14.4 Å². The Morgan fingerprint density at radius 2 is 1.84 bits per heavy atom. The van der Waals surface area contributed by atoms with Crippen molar-refractivity contribution in [3.63, 3.8) is 0 Å². The number of ketones is 2. The van der Waals surface area contributed by atoms with Crippen molar-refractivity contribution in [3.8, 4) is 0 Å². The zero-order chi connectivity index (χ0) is 25.8. The van der Waals surface area contributed by atoms with E-state index in [-0.39, 0.29) is 71.5 Å². The first kappa shape index (κ1) is 23.2. The fraction of sp³-hybridized carbons (Fsp3) is 0.833. The molecule has 7 nitrogen and oxygen atoms in total. The summed E-state index contributed by atoms with van der Waals surface area (Å²) in [7, 11) is 0. The molecule has 0 aromatic carbocycles. The molecule has 7 heteroatoms. The van der Waals surface area contributed by atoms with Crippen LogP contribution in [0.5, 0.6) is 0 Å². The molecular weight excluding hydrogens is 470 g/mol. The molecule has 5 heterocycles. The van der Waals surface area contributed by atoms with Gasteiger partial charge in [0.2, 0.25) is 0 Å². The van der Waals surface area contributed by atoms with Gasteiger partial charge in [0.15, 0.2) is 0 Å². The quantitative estimate of drug-likeness (QED) is 0.461. The fourth-order valence-electron chi connectivity index (χ4n) is 11.1. The maximum atomic E-state index is 14.5. The molecule has 0 aromatic rings. The third-order valence-corrected chi connectivity index (χ3v) is 12.7. The lowest BCUT2D eigenvalue weighted by molar-refractivity contribution is -0.244. The summed E-state index contributed by atoms with van der Waals surface area (Å²) in [5, 5.41) is 0. The van der Waals surface area contributed by atoms with Crippen LogP contribution in [0.4, 0.5) is 0 Å². The minimum atomic E-state index is -0.633. The van der Waals surface area contributed by atoms with E-state index in [1.54, 1.807) is 0 Å². The number of cyclic esters (lactones) is 1. The molecule has 0 unspecified atom stereocenters. The van der Waals surface area contributed by atoms with Crippen molar-refractivity contribution in [1.29, 1.82) is 0 Å². The van der Waals surface area contributed by atoms with Crippen LogP contribution in [0.3, 0.4) is 0 Å². The van der Waals surface area contributed by atoms with Gasteiger partial charge in [0.05, 0.1) is 31.3 Å². The van der Waals surface area contributed by atoms with Crippen LogP contribution in [0.15, 0.2) is 11.8 Å². The van der Waals surface area contributed by atoms with Crippen molar-refractivity contribution < 1.29 is 28.6 Å². The van der Waals surface area contributed by atoms with Crippen LogP contribution < -0.4 is 0 Å². The van der Waals surface area contributed by atoms with E-state index in [4.69, 9.17) is 14.2 Å². The molecule has 4 bridgehead atoms. The van der Waals surface area contributed by atoms with Gasteiger partial charge in [-0.25, -0.2) is 0 Å². The van der Waals surface area contributed by atoms with Gasteiger partial charge in [0.25, 0.3) is 0 Å². The third-order valence-electron chi connectivity index (χ3n) is 12.7. The minimum absolute atomic E-state index is 0.0366. The normalized spacial score (nSPS) is 57.5. The Morgan fingerprint density at radius 3 is 2.59 bits per heavy atom. The van der Waals surface area contributed by atoms with Gasteiger partial charge in [-0.2, -0.15) is 0 Å². The van der Waals surface area contributed by atoms with Crippen LogP contribution in [-0.4, -0.2) is 59.6 Å². The summed E-state index contributed by atoms with van der Waals surface area (Å²) in [6, 6.07) is 0. The van der Waals surface area contributed by atoms with E-state index >= 15 is 0 Å². The predicted molar refractivity (Wildman–Crippen MR) is 132 cm³/mol. The van der Waals surface area contributed by atoms with Gasteiger partial charge < -0.3 is 19.1 Å². The lowest BCUT2D eigenvalue weighted by Crippen LogP contribution is -2.73. The van der Waals surface area contributed by atoms with E-state index in [0.717, 1.165) is 38.6 Å². The molecule has 5 saturated heterocycles. The Morgan fingerprint density at radius 1 is 1.03 bits per heavy atom. The molecule has 5 aliphatic heterocycles. The van der Waals surface area contributed by atoms with Crippen LogP contribution in [0, 0.1) is 45.8 Å². The summed E-state index contributed by atoms with van der Waals surface area (Å²) < 4.78 is 19.2. The highest BCUT2D eigenvalue weighted by molar-refractivity contribution is 5.96. The maximum absolute atomic E-state index is 14.5.